The average Bonchev–Trinajstić information content (AvgIpc) is 2.88. The maximum Gasteiger partial charge on any atom is 0.230 e. The summed E-state index contributed by atoms with van der Waals surface area (Å²) in [6.07, 6.45) is 3.78. The summed E-state index contributed by atoms with van der Waals surface area (Å²) >= 11 is 6.85. The number of halogens is 2. The molecule has 5 nitrogen and oxygen atoms in total. The lowest BCUT2D eigenvalue weighted by molar-refractivity contribution is 0.295. The quantitative estimate of drug-likeness (QED) is 0.833. The third kappa shape index (κ3) is 2.94. The molecule has 2 atom stereocenters. The molecule has 20 heavy (non-hydrogen) atoms. The summed E-state index contributed by atoms with van der Waals surface area (Å²) in [5.41, 5.74) is 0.699. The van der Waals surface area contributed by atoms with Crippen molar-refractivity contribution in [3.05, 3.63) is 27.1 Å². The summed E-state index contributed by atoms with van der Waals surface area (Å²) in [4.78, 5) is 8.85. The zero-order valence-corrected chi connectivity index (χ0v) is 14.1. The van der Waals surface area contributed by atoms with E-state index in [1.54, 1.807) is 6.20 Å². The number of piperidine rings is 1. The summed E-state index contributed by atoms with van der Waals surface area (Å²) in [7, 11) is 0. The Hall–Kier alpha value is -0.790. The highest BCUT2D eigenvalue weighted by Crippen LogP contribution is 2.30. The van der Waals surface area contributed by atoms with Gasteiger partial charge < -0.3 is 9.84 Å². The summed E-state index contributed by atoms with van der Waals surface area (Å²) in [6.45, 7) is 3.17. The molecule has 7 heteroatoms. The van der Waals surface area contributed by atoms with Gasteiger partial charge in [0.2, 0.25) is 11.7 Å². The van der Waals surface area contributed by atoms with Crippen LogP contribution in [0.25, 0.3) is 11.5 Å². The minimum Gasteiger partial charge on any atom is -0.339 e. The van der Waals surface area contributed by atoms with E-state index in [4.69, 9.17) is 4.52 Å². The Balaban J connectivity index is 1.86. The molecule has 0 radical (unpaired) electrons. The second-order valence-electron chi connectivity index (χ2n) is 5.02. The van der Waals surface area contributed by atoms with Crippen LogP contribution >= 0.6 is 31.9 Å². The summed E-state index contributed by atoms with van der Waals surface area (Å²) in [5, 5.41) is 7.48. The first-order valence-corrected chi connectivity index (χ1v) is 8.10. The second kappa shape index (κ2) is 5.91. The normalized spacial score (nSPS) is 22.9. The fourth-order valence-corrected chi connectivity index (χ4v) is 3.60. The van der Waals surface area contributed by atoms with Gasteiger partial charge in [-0.2, -0.15) is 4.98 Å². The van der Waals surface area contributed by atoms with Gasteiger partial charge in [0.25, 0.3) is 0 Å². The molecular weight excluding hydrogens is 388 g/mol. The van der Waals surface area contributed by atoms with Crippen LogP contribution in [0.1, 0.15) is 31.6 Å². The molecule has 1 N–H and O–H groups in total. The fourth-order valence-electron chi connectivity index (χ4n) is 2.43. The Morgan fingerprint density at radius 2 is 2.25 bits per heavy atom. The van der Waals surface area contributed by atoms with Gasteiger partial charge in [-0.05, 0) is 64.2 Å². The lowest BCUT2D eigenvalue weighted by atomic mass is 9.93. The minimum atomic E-state index is 0.335. The Kier molecular flexibility index (Phi) is 4.18. The van der Waals surface area contributed by atoms with Crippen LogP contribution in [0.2, 0.25) is 0 Å². The Morgan fingerprint density at radius 3 is 3.00 bits per heavy atom. The number of hydrogen-bond donors (Lipinski definition) is 1. The van der Waals surface area contributed by atoms with E-state index in [1.807, 2.05) is 6.07 Å². The molecule has 0 bridgehead atoms. The largest absolute Gasteiger partial charge is 0.339 e. The first-order valence-electron chi connectivity index (χ1n) is 6.52. The summed E-state index contributed by atoms with van der Waals surface area (Å²) in [6, 6.07) is 2.41. The van der Waals surface area contributed by atoms with E-state index in [-0.39, 0.29) is 0 Å². The van der Waals surface area contributed by atoms with Crippen LogP contribution in [0.3, 0.4) is 0 Å². The molecular formula is C13H14Br2N4O. The number of nitrogens with one attached hydrogen (secondary N) is 1. The predicted octanol–water partition coefficient (Wildman–Crippen LogP) is 3.51. The number of nitrogens with zero attached hydrogens (tertiary/aromatic N) is 3. The standard InChI is InChI=1S/C13H14Br2N4O/c1-7-4-8(2-3-16-7)13-18-12(19-20-13)11-10(15)5-9(14)6-17-11/h5-8,16H,2-4H2,1H3. The van der Waals surface area contributed by atoms with Crippen LogP contribution in [0.4, 0.5) is 0 Å². The second-order valence-corrected chi connectivity index (χ2v) is 6.79. The van der Waals surface area contributed by atoms with Gasteiger partial charge in [0.15, 0.2) is 0 Å². The number of aromatic nitrogens is 3. The van der Waals surface area contributed by atoms with E-state index < -0.39 is 0 Å². The Labute approximate surface area is 133 Å². The molecule has 0 amide bonds. The molecule has 1 aliphatic heterocycles. The van der Waals surface area contributed by atoms with Gasteiger partial charge in [-0.1, -0.05) is 5.16 Å². The first-order chi connectivity index (χ1) is 9.63. The van der Waals surface area contributed by atoms with Gasteiger partial charge >= 0.3 is 0 Å². The third-order valence-corrected chi connectivity index (χ3v) is 4.47. The molecule has 106 valence electrons. The van der Waals surface area contributed by atoms with Gasteiger partial charge in [-0.3, -0.25) is 4.98 Å². The van der Waals surface area contributed by atoms with Crippen LogP contribution in [0.15, 0.2) is 25.7 Å². The highest BCUT2D eigenvalue weighted by molar-refractivity contribution is 9.11. The molecule has 3 rings (SSSR count). The number of hydrogen-bond acceptors (Lipinski definition) is 5. The van der Waals surface area contributed by atoms with Crippen molar-refractivity contribution in [1.29, 1.82) is 0 Å². The zero-order valence-electron chi connectivity index (χ0n) is 10.9. The lowest BCUT2D eigenvalue weighted by Gasteiger charge is -2.25. The molecule has 0 spiro atoms. The molecule has 2 aromatic rings. The van der Waals surface area contributed by atoms with Crippen LogP contribution in [0, 0.1) is 0 Å². The van der Waals surface area contributed by atoms with Crippen molar-refractivity contribution >= 4 is 31.9 Å². The lowest BCUT2D eigenvalue weighted by Crippen LogP contribution is -2.34. The molecule has 0 aromatic carbocycles. The molecule has 1 aliphatic rings. The third-order valence-electron chi connectivity index (χ3n) is 3.43. The van der Waals surface area contributed by atoms with Crippen molar-refractivity contribution in [3.8, 4) is 11.5 Å². The molecule has 0 aliphatic carbocycles. The smallest absolute Gasteiger partial charge is 0.230 e. The van der Waals surface area contributed by atoms with E-state index in [0.717, 1.165) is 28.3 Å². The van der Waals surface area contributed by atoms with E-state index in [9.17, 15) is 0 Å². The monoisotopic (exact) mass is 400 g/mol. The van der Waals surface area contributed by atoms with E-state index in [0.29, 0.717) is 29.4 Å². The van der Waals surface area contributed by atoms with E-state index in [1.165, 1.54) is 0 Å². The maximum absolute atomic E-state index is 5.43. The van der Waals surface area contributed by atoms with Gasteiger partial charge in [0.1, 0.15) is 5.69 Å². The summed E-state index contributed by atoms with van der Waals surface area (Å²) in [5.74, 6) is 1.58. The highest BCUT2D eigenvalue weighted by Gasteiger charge is 2.25. The molecule has 3 heterocycles. The first kappa shape index (κ1) is 14.2. The molecule has 2 unspecified atom stereocenters. The van der Waals surface area contributed by atoms with Crippen LogP contribution in [-0.2, 0) is 0 Å². The molecule has 1 fully saturated rings. The molecule has 1 saturated heterocycles. The summed E-state index contributed by atoms with van der Waals surface area (Å²) < 4.78 is 7.18. The topological polar surface area (TPSA) is 63.8 Å². The maximum atomic E-state index is 5.43. The van der Waals surface area contributed by atoms with Gasteiger partial charge in [0, 0.05) is 27.1 Å². The molecule has 0 saturated carbocycles. The van der Waals surface area contributed by atoms with E-state index in [2.05, 4.69) is 59.2 Å². The van der Waals surface area contributed by atoms with Crippen molar-refractivity contribution in [3.63, 3.8) is 0 Å². The van der Waals surface area contributed by atoms with Crippen LogP contribution < -0.4 is 5.32 Å². The zero-order chi connectivity index (χ0) is 14.1. The van der Waals surface area contributed by atoms with Gasteiger partial charge in [-0.15, -0.1) is 0 Å². The Morgan fingerprint density at radius 1 is 1.40 bits per heavy atom. The minimum absolute atomic E-state index is 0.335. The SMILES string of the molecule is CC1CC(c2nc(-c3ncc(Br)cc3Br)no2)CCN1. The van der Waals surface area contributed by atoms with Crippen molar-refractivity contribution in [1.82, 2.24) is 20.4 Å². The van der Waals surface area contributed by atoms with Crippen molar-refractivity contribution < 1.29 is 4.52 Å². The van der Waals surface area contributed by atoms with Gasteiger partial charge in [-0.25, -0.2) is 0 Å². The van der Waals surface area contributed by atoms with Crippen molar-refractivity contribution in [2.45, 2.75) is 31.7 Å². The highest BCUT2D eigenvalue weighted by atomic mass is 79.9. The Bertz CT molecular complexity index is 616. The van der Waals surface area contributed by atoms with Crippen LogP contribution in [-0.4, -0.2) is 27.7 Å². The van der Waals surface area contributed by atoms with Gasteiger partial charge in [0.05, 0.1) is 0 Å². The van der Waals surface area contributed by atoms with Crippen molar-refractivity contribution in [2.24, 2.45) is 0 Å². The predicted molar refractivity (Wildman–Crippen MR) is 82.4 cm³/mol. The number of rotatable bonds is 2. The van der Waals surface area contributed by atoms with Crippen LogP contribution in [0.5, 0.6) is 0 Å². The fraction of sp³-hybridized carbons (Fsp3) is 0.462. The average molecular weight is 402 g/mol. The van der Waals surface area contributed by atoms with E-state index >= 15 is 0 Å². The van der Waals surface area contributed by atoms with Crippen molar-refractivity contribution in [2.75, 3.05) is 6.54 Å². The number of pyridine rings is 1. The molecule has 2 aromatic heterocycles.